The highest BCUT2D eigenvalue weighted by Crippen LogP contribution is 2.33. The largest absolute Gasteiger partial charge is 0.492 e. The molecule has 4 nitrogen and oxygen atoms in total. The van der Waals surface area contributed by atoms with Crippen LogP contribution in [0.3, 0.4) is 0 Å². The predicted molar refractivity (Wildman–Crippen MR) is 70.9 cm³/mol. The zero-order valence-corrected chi connectivity index (χ0v) is 11.5. The van der Waals surface area contributed by atoms with E-state index >= 15 is 0 Å². The standard InChI is InChI=1S/C11H13BrClNO3/c12-11-9(14(15)16)5-4-6-10(11)17-8-3-1-2-7-13/h4-6H,1-3,7-8H2. The van der Waals surface area contributed by atoms with E-state index in [4.69, 9.17) is 16.3 Å². The lowest BCUT2D eigenvalue weighted by atomic mass is 10.2. The van der Waals surface area contributed by atoms with Crippen molar-refractivity contribution in [3.63, 3.8) is 0 Å². The number of halogens is 2. The average molecular weight is 323 g/mol. The molecule has 1 aromatic carbocycles. The van der Waals surface area contributed by atoms with Crippen LogP contribution in [0.5, 0.6) is 5.75 Å². The summed E-state index contributed by atoms with van der Waals surface area (Å²) < 4.78 is 5.87. The van der Waals surface area contributed by atoms with Gasteiger partial charge in [0.15, 0.2) is 0 Å². The Morgan fingerprint density at radius 2 is 2.12 bits per heavy atom. The maximum atomic E-state index is 10.7. The first kappa shape index (κ1) is 14.3. The Morgan fingerprint density at radius 1 is 1.35 bits per heavy atom. The van der Waals surface area contributed by atoms with Crippen molar-refractivity contribution in [3.05, 3.63) is 32.8 Å². The molecule has 0 spiro atoms. The summed E-state index contributed by atoms with van der Waals surface area (Å²) in [6.07, 6.45) is 2.85. The molecular formula is C11H13BrClNO3. The molecule has 0 fully saturated rings. The Labute approximate surface area is 113 Å². The van der Waals surface area contributed by atoms with Crippen LogP contribution < -0.4 is 4.74 Å². The lowest BCUT2D eigenvalue weighted by Gasteiger charge is -2.07. The Balaban J connectivity index is 2.54. The molecule has 0 unspecified atom stereocenters. The van der Waals surface area contributed by atoms with Gasteiger partial charge in [-0.2, -0.15) is 0 Å². The van der Waals surface area contributed by atoms with Crippen molar-refractivity contribution in [2.75, 3.05) is 12.5 Å². The predicted octanol–water partition coefficient (Wildman–Crippen LogP) is 4.15. The van der Waals surface area contributed by atoms with Gasteiger partial charge in [-0.3, -0.25) is 10.1 Å². The number of ether oxygens (including phenoxy) is 1. The minimum atomic E-state index is -0.440. The van der Waals surface area contributed by atoms with Gasteiger partial charge in [-0.05, 0) is 41.3 Å². The monoisotopic (exact) mass is 321 g/mol. The number of unbranched alkanes of at least 4 members (excludes halogenated alkanes) is 2. The third-order valence-corrected chi connectivity index (χ3v) is 3.24. The van der Waals surface area contributed by atoms with Crippen molar-refractivity contribution in [3.8, 4) is 5.75 Å². The fraction of sp³-hybridized carbons (Fsp3) is 0.455. The van der Waals surface area contributed by atoms with Gasteiger partial charge in [0.25, 0.3) is 5.69 Å². The highest BCUT2D eigenvalue weighted by molar-refractivity contribution is 9.10. The summed E-state index contributed by atoms with van der Waals surface area (Å²) in [6, 6.07) is 4.75. The molecule has 1 aromatic rings. The number of nitro benzene ring substituents is 1. The molecule has 0 bridgehead atoms. The molecule has 0 saturated carbocycles. The van der Waals surface area contributed by atoms with E-state index in [-0.39, 0.29) is 5.69 Å². The summed E-state index contributed by atoms with van der Waals surface area (Å²) in [4.78, 5) is 10.3. The molecule has 0 N–H and O–H groups in total. The number of nitro groups is 1. The smallest absolute Gasteiger partial charge is 0.287 e. The van der Waals surface area contributed by atoms with E-state index in [1.165, 1.54) is 6.07 Å². The summed E-state index contributed by atoms with van der Waals surface area (Å²) in [5.41, 5.74) is 0.0169. The van der Waals surface area contributed by atoms with Crippen LogP contribution in [0.25, 0.3) is 0 Å². The second-order valence-corrected chi connectivity index (χ2v) is 4.62. The second-order valence-electron chi connectivity index (χ2n) is 3.44. The molecule has 0 aliphatic rings. The molecule has 0 aliphatic heterocycles. The average Bonchev–Trinajstić information content (AvgIpc) is 2.30. The lowest BCUT2D eigenvalue weighted by Crippen LogP contribution is -1.99. The molecule has 94 valence electrons. The Hall–Kier alpha value is -0.810. The molecule has 0 atom stereocenters. The second kappa shape index (κ2) is 7.50. The van der Waals surface area contributed by atoms with Crippen LogP contribution in [0.2, 0.25) is 0 Å². The number of hydrogen-bond acceptors (Lipinski definition) is 3. The van der Waals surface area contributed by atoms with Crippen LogP contribution in [0.4, 0.5) is 5.69 Å². The number of rotatable bonds is 7. The quantitative estimate of drug-likeness (QED) is 0.328. The molecule has 17 heavy (non-hydrogen) atoms. The van der Waals surface area contributed by atoms with Gasteiger partial charge in [-0.15, -0.1) is 11.6 Å². The molecule has 1 rings (SSSR count). The Kier molecular flexibility index (Phi) is 6.29. The fourth-order valence-corrected chi connectivity index (χ4v) is 2.02. The molecule has 0 heterocycles. The van der Waals surface area contributed by atoms with Crippen LogP contribution in [-0.4, -0.2) is 17.4 Å². The van der Waals surface area contributed by atoms with Crippen LogP contribution in [-0.2, 0) is 0 Å². The summed E-state index contributed by atoms with van der Waals surface area (Å²) >= 11 is 8.73. The molecule has 6 heteroatoms. The number of hydrogen-bond donors (Lipinski definition) is 0. The molecular weight excluding hydrogens is 309 g/mol. The van der Waals surface area contributed by atoms with Gasteiger partial charge in [-0.1, -0.05) is 6.07 Å². The third kappa shape index (κ3) is 4.52. The van der Waals surface area contributed by atoms with Gasteiger partial charge in [0, 0.05) is 11.9 Å². The van der Waals surface area contributed by atoms with Gasteiger partial charge in [0.2, 0.25) is 0 Å². The molecule has 0 saturated heterocycles. The van der Waals surface area contributed by atoms with E-state index in [1.54, 1.807) is 12.1 Å². The SMILES string of the molecule is O=[N+]([O-])c1cccc(OCCCCCCl)c1Br. The van der Waals surface area contributed by atoms with Crippen LogP contribution in [0, 0.1) is 10.1 Å². The molecule has 0 radical (unpaired) electrons. The summed E-state index contributed by atoms with van der Waals surface area (Å²) in [7, 11) is 0. The molecule has 0 aliphatic carbocycles. The van der Waals surface area contributed by atoms with E-state index in [2.05, 4.69) is 15.9 Å². The van der Waals surface area contributed by atoms with Gasteiger partial charge >= 0.3 is 0 Å². The van der Waals surface area contributed by atoms with E-state index < -0.39 is 4.92 Å². The minimum Gasteiger partial charge on any atom is -0.492 e. The number of nitrogens with zero attached hydrogens (tertiary/aromatic N) is 1. The number of benzene rings is 1. The zero-order valence-electron chi connectivity index (χ0n) is 9.20. The molecule has 0 aromatic heterocycles. The van der Waals surface area contributed by atoms with Crippen molar-refractivity contribution in [2.45, 2.75) is 19.3 Å². The summed E-state index contributed by atoms with van der Waals surface area (Å²) in [5.74, 6) is 1.16. The summed E-state index contributed by atoms with van der Waals surface area (Å²) in [5, 5.41) is 10.7. The first-order valence-corrected chi connectivity index (χ1v) is 6.61. The van der Waals surface area contributed by atoms with Crippen molar-refractivity contribution in [2.24, 2.45) is 0 Å². The van der Waals surface area contributed by atoms with Gasteiger partial charge in [0.05, 0.1) is 11.5 Å². The normalized spacial score (nSPS) is 10.2. The van der Waals surface area contributed by atoms with E-state index in [0.717, 1.165) is 19.3 Å². The van der Waals surface area contributed by atoms with Gasteiger partial charge in [0.1, 0.15) is 10.2 Å². The summed E-state index contributed by atoms with van der Waals surface area (Å²) in [6.45, 7) is 0.538. The van der Waals surface area contributed by atoms with Crippen LogP contribution in [0.1, 0.15) is 19.3 Å². The van der Waals surface area contributed by atoms with Crippen molar-refractivity contribution in [1.82, 2.24) is 0 Å². The lowest BCUT2D eigenvalue weighted by molar-refractivity contribution is -0.385. The highest BCUT2D eigenvalue weighted by Gasteiger charge is 2.15. The zero-order chi connectivity index (χ0) is 12.7. The van der Waals surface area contributed by atoms with Crippen LogP contribution >= 0.6 is 27.5 Å². The maximum Gasteiger partial charge on any atom is 0.287 e. The van der Waals surface area contributed by atoms with E-state index in [1.807, 2.05) is 0 Å². The first-order chi connectivity index (χ1) is 8.16. The fourth-order valence-electron chi connectivity index (χ4n) is 1.31. The molecule has 0 amide bonds. The van der Waals surface area contributed by atoms with Gasteiger partial charge in [-0.25, -0.2) is 0 Å². The van der Waals surface area contributed by atoms with Gasteiger partial charge < -0.3 is 4.74 Å². The Morgan fingerprint density at radius 3 is 2.76 bits per heavy atom. The number of alkyl halides is 1. The van der Waals surface area contributed by atoms with E-state index in [9.17, 15) is 10.1 Å². The Bertz CT molecular complexity index is 387. The topological polar surface area (TPSA) is 52.4 Å². The van der Waals surface area contributed by atoms with Crippen molar-refractivity contribution in [1.29, 1.82) is 0 Å². The van der Waals surface area contributed by atoms with Crippen molar-refractivity contribution >= 4 is 33.2 Å². The van der Waals surface area contributed by atoms with Crippen LogP contribution in [0.15, 0.2) is 22.7 Å². The first-order valence-electron chi connectivity index (χ1n) is 5.28. The third-order valence-electron chi connectivity index (χ3n) is 2.18. The van der Waals surface area contributed by atoms with E-state index in [0.29, 0.717) is 22.7 Å². The minimum absolute atomic E-state index is 0.0169. The van der Waals surface area contributed by atoms with Crippen molar-refractivity contribution < 1.29 is 9.66 Å². The maximum absolute atomic E-state index is 10.7. The highest BCUT2D eigenvalue weighted by atomic mass is 79.9.